The number of nitrogens with zero attached hydrogens (tertiary/aromatic N) is 5. The number of halogens is 1. The molecule has 0 saturated carbocycles. The number of rotatable bonds is 4. The molecule has 2 aromatic rings. The second kappa shape index (κ2) is 5.30. The molecule has 2 aromatic heterocycles. The summed E-state index contributed by atoms with van der Waals surface area (Å²) in [5.74, 6) is 6.00. The van der Waals surface area contributed by atoms with Gasteiger partial charge in [-0.25, -0.2) is 19.0 Å². The van der Waals surface area contributed by atoms with Gasteiger partial charge in [0.1, 0.15) is 11.4 Å². The Hall–Kier alpha value is -1.70. The van der Waals surface area contributed by atoms with E-state index in [1.165, 1.54) is 11.0 Å². The summed E-state index contributed by atoms with van der Waals surface area (Å²) >= 11 is 1.04. The summed E-state index contributed by atoms with van der Waals surface area (Å²) < 4.78 is 15.3. The Morgan fingerprint density at radius 3 is 2.67 bits per heavy atom. The zero-order valence-electron chi connectivity index (χ0n) is 10.1. The van der Waals surface area contributed by atoms with Gasteiger partial charge in [0.05, 0.1) is 5.69 Å². The first-order chi connectivity index (χ1) is 8.67. The minimum atomic E-state index is -0.425. The molecule has 8 heteroatoms. The molecule has 0 radical (unpaired) electrons. The Balaban J connectivity index is 2.31. The SMILES string of the molecule is CCc1ncnc(Sc2nnc(CC)n2N)c1F. The van der Waals surface area contributed by atoms with Crippen molar-refractivity contribution >= 4 is 11.8 Å². The summed E-state index contributed by atoms with van der Waals surface area (Å²) in [4.78, 5) is 7.77. The van der Waals surface area contributed by atoms with E-state index in [0.29, 0.717) is 29.5 Å². The van der Waals surface area contributed by atoms with Crippen molar-refractivity contribution in [2.45, 2.75) is 36.9 Å². The third-order valence-electron chi connectivity index (χ3n) is 2.40. The van der Waals surface area contributed by atoms with Crippen molar-refractivity contribution in [3.8, 4) is 0 Å². The van der Waals surface area contributed by atoms with Crippen LogP contribution >= 0.6 is 11.8 Å². The molecule has 0 amide bonds. The molecule has 0 aliphatic rings. The molecule has 0 unspecified atom stereocenters. The number of hydrogen-bond donors (Lipinski definition) is 1. The lowest BCUT2D eigenvalue weighted by molar-refractivity contribution is 0.558. The minimum Gasteiger partial charge on any atom is -0.336 e. The monoisotopic (exact) mass is 268 g/mol. The van der Waals surface area contributed by atoms with Gasteiger partial charge in [0.2, 0.25) is 5.16 Å². The van der Waals surface area contributed by atoms with Gasteiger partial charge in [0.15, 0.2) is 11.6 Å². The summed E-state index contributed by atoms with van der Waals surface area (Å²) in [6.45, 7) is 3.75. The fourth-order valence-corrected chi connectivity index (χ4v) is 2.18. The smallest absolute Gasteiger partial charge is 0.216 e. The Morgan fingerprint density at radius 1 is 1.28 bits per heavy atom. The number of aromatic nitrogens is 5. The molecule has 18 heavy (non-hydrogen) atoms. The fraction of sp³-hybridized carbons (Fsp3) is 0.400. The van der Waals surface area contributed by atoms with Crippen molar-refractivity contribution < 1.29 is 4.39 Å². The summed E-state index contributed by atoms with van der Waals surface area (Å²) in [6.07, 6.45) is 2.51. The summed E-state index contributed by atoms with van der Waals surface area (Å²) in [5.41, 5.74) is 0.381. The van der Waals surface area contributed by atoms with Crippen LogP contribution in [0.5, 0.6) is 0 Å². The molecular weight excluding hydrogens is 255 g/mol. The molecule has 0 aromatic carbocycles. The highest BCUT2D eigenvalue weighted by atomic mass is 32.2. The van der Waals surface area contributed by atoms with Gasteiger partial charge >= 0.3 is 0 Å². The largest absolute Gasteiger partial charge is 0.336 e. The van der Waals surface area contributed by atoms with E-state index in [4.69, 9.17) is 5.84 Å². The van der Waals surface area contributed by atoms with Gasteiger partial charge in [-0.15, -0.1) is 10.2 Å². The van der Waals surface area contributed by atoms with Crippen LogP contribution in [0.1, 0.15) is 25.4 Å². The molecule has 0 atom stereocenters. The van der Waals surface area contributed by atoms with Crippen LogP contribution < -0.4 is 5.84 Å². The molecule has 0 aliphatic heterocycles. The number of aryl methyl sites for hydroxylation is 2. The lowest BCUT2D eigenvalue weighted by Gasteiger charge is -2.04. The number of hydrogen-bond acceptors (Lipinski definition) is 6. The number of nitrogen functional groups attached to an aromatic ring is 1. The van der Waals surface area contributed by atoms with Gasteiger partial charge in [-0.2, -0.15) is 0 Å². The zero-order valence-corrected chi connectivity index (χ0v) is 10.9. The molecule has 0 saturated heterocycles. The molecule has 2 heterocycles. The quantitative estimate of drug-likeness (QED) is 0.662. The molecule has 2 rings (SSSR count). The lowest BCUT2D eigenvalue weighted by Crippen LogP contribution is -2.13. The fourth-order valence-electron chi connectivity index (χ4n) is 1.41. The maximum absolute atomic E-state index is 13.9. The van der Waals surface area contributed by atoms with E-state index in [-0.39, 0.29) is 5.03 Å². The predicted octanol–water partition coefficient (Wildman–Crippen LogP) is 1.20. The van der Waals surface area contributed by atoms with Gasteiger partial charge in [0, 0.05) is 6.42 Å². The third-order valence-corrected chi connectivity index (χ3v) is 3.34. The highest BCUT2D eigenvalue weighted by molar-refractivity contribution is 7.99. The van der Waals surface area contributed by atoms with Crippen LogP contribution in [0.15, 0.2) is 16.5 Å². The Kier molecular flexibility index (Phi) is 3.75. The molecule has 96 valence electrons. The van der Waals surface area contributed by atoms with Crippen LogP contribution in [-0.4, -0.2) is 24.8 Å². The second-order valence-electron chi connectivity index (χ2n) is 3.52. The van der Waals surface area contributed by atoms with Gasteiger partial charge in [0.25, 0.3) is 0 Å². The second-order valence-corrected chi connectivity index (χ2v) is 4.47. The van der Waals surface area contributed by atoms with Crippen molar-refractivity contribution in [2.24, 2.45) is 0 Å². The standard InChI is InChI=1S/C10H13FN6S/c1-3-6-8(11)9(14-5-13-6)18-10-16-15-7(4-2)17(10)12/h5H,3-4,12H2,1-2H3. The summed E-state index contributed by atoms with van der Waals surface area (Å²) in [5, 5.41) is 8.43. The molecule has 0 fully saturated rings. The first kappa shape index (κ1) is 12.7. The van der Waals surface area contributed by atoms with E-state index in [1.54, 1.807) is 0 Å². The van der Waals surface area contributed by atoms with E-state index in [0.717, 1.165) is 11.8 Å². The molecule has 0 spiro atoms. The van der Waals surface area contributed by atoms with E-state index in [2.05, 4.69) is 20.2 Å². The Bertz CT molecular complexity index is 555. The number of nitrogens with two attached hydrogens (primary N) is 1. The van der Waals surface area contributed by atoms with E-state index < -0.39 is 5.82 Å². The topological polar surface area (TPSA) is 82.5 Å². The molecular formula is C10H13FN6S. The van der Waals surface area contributed by atoms with Crippen LogP contribution in [0.4, 0.5) is 4.39 Å². The van der Waals surface area contributed by atoms with Crippen LogP contribution in [0.25, 0.3) is 0 Å². The maximum Gasteiger partial charge on any atom is 0.216 e. The van der Waals surface area contributed by atoms with Gasteiger partial charge in [-0.05, 0) is 18.2 Å². The van der Waals surface area contributed by atoms with Gasteiger partial charge in [-0.1, -0.05) is 13.8 Å². The van der Waals surface area contributed by atoms with Crippen LogP contribution in [0.2, 0.25) is 0 Å². The third kappa shape index (κ3) is 2.28. The van der Waals surface area contributed by atoms with Crippen LogP contribution in [0.3, 0.4) is 0 Å². The van der Waals surface area contributed by atoms with Crippen molar-refractivity contribution in [1.29, 1.82) is 0 Å². The first-order valence-electron chi connectivity index (χ1n) is 5.53. The Morgan fingerprint density at radius 2 is 2.06 bits per heavy atom. The van der Waals surface area contributed by atoms with Gasteiger partial charge in [-0.3, -0.25) is 0 Å². The molecule has 6 nitrogen and oxygen atoms in total. The predicted molar refractivity (Wildman–Crippen MR) is 65.0 cm³/mol. The van der Waals surface area contributed by atoms with Crippen LogP contribution in [0, 0.1) is 5.82 Å². The first-order valence-corrected chi connectivity index (χ1v) is 6.35. The highest BCUT2D eigenvalue weighted by Crippen LogP contribution is 2.26. The van der Waals surface area contributed by atoms with Crippen molar-refractivity contribution in [3.63, 3.8) is 0 Å². The Labute approximate surface area is 108 Å². The highest BCUT2D eigenvalue weighted by Gasteiger charge is 2.15. The molecule has 0 aliphatic carbocycles. The van der Waals surface area contributed by atoms with Crippen molar-refractivity contribution in [2.75, 3.05) is 5.84 Å². The summed E-state index contributed by atoms with van der Waals surface area (Å²) in [7, 11) is 0. The average molecular weight is 268 g/mol. The van der Waals surface area contributed by atoms with Crippen LogP contribution in [-0.2, 0) is 12.8 Å². The van der Waals surface area contributed by atoms with Gasteiger partial charge < -0.3 is 5.84 Å². The zero-order chi connectivity index (χ0) is 13.1. The summed E-state index contributed by atoms with van der Waals surface area (Å²) in [6, 6.07) is 0. The maximum atomic E-state index is 13.9. The minimum absolute atomic E-state index is 0.212. The average Bonchev–Trinajstić information content (AvgIpc) is 2.73. The van der Waals surface area contributed by atoms with E-state index in [9.17, 15) is 4.39 Å². The van der Waals surface area contributed by atoms with E-state index >= 15 is 0 Å². The van der Waals surface area contributed by atoms with Crippen molar-refractivity contribution in [1.82, 2.24) is 24.8 Å². The molecule has 2 N–H and O–H groups in total. The molecule has 0 bridgehead atoms. The van der Waals surface area contributed by atoms with E-state index in [1.807, 2.05) is 13.8 Å². The normalized spacial score (nSPS) is 10.8. The van der Waals surface area contributed by atoms with Crippen molar-refractivity contribution in [3.05, 3.63) is 23.7 Å². The lowest BCUT2D eigenvalue weighted by atomic mass is 10.3.